The summed E-state index contributed by atoms with van der Waals surface area (Å²) in [6.45, 7) is -0.0964. The number of methoxy groups -OCH3 is 2. The number of benzene rings is 2. The minimum Gasteiger partial charge on any atom is -0.497 e. The van der Waals surface area contributed by atoms with Crippen molar-refractivity contribution in [3.8, 4) is 11.5 Å². The Morgan fingerprint density at radius 3 is 2.31 bits per heavy atom. The first kappa shape index (κ1) is 21.6. The van der Waals surface area contributed by atoms with Crippen molar-refractivity contribution in [2.45, 2.75) is 23.6 Å². The van der Waals surface area contributed by atoms with Crippen LogP contribution in [0, 0.1) is 0 Å². The maximum atomic E-state index is 13.6. The van der Waals surface area contributed by atoms with Crippen LogP contribution in [0.5, 0.6) is 11.5 Å². The summed E-state index contributed by atoms with van der Waals surface area (Å²) in [6.07, 6.45) is -1.32. The van der Waals surface area contributed by atoms with E-state index < -0.39 is 43.5 Å². The smallest absolute Gasteiger partial charge is 0.247 e. The third-order valence-electron chi connectivity index (χ3n) is 4.80. The molecule has 1 heterocycles. The Balaban J connectivity index is 2.12. The lowest BCUT2D eigenvalue weighted by Gasteiger charge is -2.30. The molecular formula is C19H23NO7S2. The number of nitrogens with zero attached hydrogens (tertiary/aromatic N) is 1. The van der Waals surface area contributed by atoms with Crippen molar-refractivity contribution >= 4 is 19.9 Å². The van der Waals surface area contributed by atoms with E-state index in [4.69, 9.17) is 9.47 Å². The Bertz CT molecular complexity index is 1070. The van der Waals surface area contributed by atoms with E-state index in [9.17, 15) is 21.9 Å². The lowest BCUT2D eigenvalue weighted by Crippen LogP contribution is -2.46. The van der Waals surface area contributed by atoms with Crippen LogP contribution in [0.15, 0.2) is 53.4 Å². The second kappa shape index (κ2) is 8.31. The van der Waals surface area contributed by atoms with Crippen molar-refractivity contribution in [2.75, 3.05) is 25.7 Å². The molecule has 0 radical (unpaired) electrons. The van der Waals surface area contributed by atoms with E-state index in [1.807, 2.05) is 0 Å². The van der Waals surface area contributed by atoms with Crippen LogP contribution >= 0.6 is 0 Å². The molecule has 10 heteroatoms. The topological polar surface area (TPSA) is 110 Å². The fraction of sp³-hybridized carbons (Fsp3) is 0.368. The quantitative estimate of drug-likeness (QED) is 0.684. The van der Waals surface area contributed by atoms with Crippen LogP contribution in [0.2, 0.25) is 0 Å². The summed E-state index contributed by atoms with van der Waals surface area (Å²) in [5.74, 6) is -0.525. The molecule has 1 N–H and O–H groups in total. The summed E-state index contributed by atoms with van der Waals surface area (Å²) in [6, 6.07) is 12.0. The minimum atomic E-state index is -4.24. The van der Waals surface area contributed by atoms with Crippen molar-refractivity contribution < 1.29 is 31.4 Å². The van der Waals surface area contributed by atoms with Gasteiger partial charge in [-0.05, 0) is 17.7 Å². The molecule has 2 aromatic rings. The molecule has 0 unspecified atom stereocenters. The number of sulfone groups is 1. The highest BCUT2D eigenvalue weighted by atomic mass is 32.2. The molecule has 29 heavy (non-hydrogen) atoms. The van der Waals surface area contributed by atoms with Crippen LogP contribution in [-0.2, 0) is 26.4 Å². The number of hydrogen-bond donors (Lipinski definition) is 1. The fourth-order valence-corrected chi connectivity index (χ4v) is 7.05. The van der Waals surface area contributed by atoms with Crippen LogP contribution in [0.4, 0.5) is 0 Å². The fourth-order valence-electron chi connectivity index (χ4n) is 3.34. The predicted octanol–water partition coefficient (Wildman–Crippen LogP) is 1.05. The van der Waals surface area contributed by atoms with Gasteiger partial charge in [-0.15, -0.1) is 0 Å². The Morgan fingerprint density at radius 2 is 1.76 bits per heavy atom. The van der Waals surface area contributed by atoms with Crippen molar-refractivity contribution in [1.82, 2.24) is 4.31 Å². The molecular weight excluding hydrogens is 418 g/mol. The maximum Gasteiger partial charge on any atom is 0.247 e. The Kier molecular flexibility index (Phi) is 6.18. The molecule has 158 valence electrons. The summed E-state index contributed by atoms with van der Waals surface area (Å²) in [7, 11) is -5.05. The first-order chi connectivity index (χ1) is 13.7. The zero-order valence-corrected chi connectivity index (χ0v) is 17.7. The third-order valence-corrected chi connectivity index (χ3v) is 8.39. The molecule has 2 atom stereocenters. The average Bonchev–Trinajstić information content (AvgIpc) is 2.98. The maximum absolute atomic E-state index is 13.6. The lowest BCUT2D eigenvalue weighted by molar-refractivity contribution is 0.125. The van der Waals surface area contributed by atoms with E-state index in [-0.39, 0.29) is 17.2 Å². The number of ether oxygens (including phenoxy) is 2. The Morgan fingerprint density at radius 1 is 1.07 bits per heavy atom. The normalized spacial score (nSPS) is 21.2. The molecule has 1 aliphatic rings. The summed E-state index contributed by atoms with van der Waals surface area (Å²) in [5, 5.41) is 10.4. The van der Waals surface area contributed by atoms with E-state index in [0.29, 0.717) is 11.3 Å². The highest BCUT2D eigenvalue weighted by Crippen LogP contribution is 2.34. The van der Waals surface area contributed by atoms with Gasteiger partial charge in [-0.3, -0.25) is 0 Å². The van der Waals surface area contributed by atoms with Crippen LogP contribution in [0.3, 0.4) is 0 Å². The number of aliphatic hydroxyl groups is 1. The lowest BCUT2D eigenvalue weighted by atomic mass is 10.2. The van der Waals surface area contributed by atoms with Gasteiger partial charge < -0.3 is 14.6 Å². The highest BCUT2D eigenvalue weighted by molar-refractivity contribution is 7.92. The van der Waals surface area contributed by atoms with Gasteiger partial charge >= 0.3 is 0 Å². The standard InChI is InChI=1S/C19H23NO7S2/c1-26-15-8-9-18(27-2)19(10-15)29(24,25)20(11-14-6-4-3-5-7-14)16-12-28(22,23)13-17(16)21/h3-10,16-17,21H,11-13H2,1-2H3/t16-,17-/m1/s1. The second-order valence-corrected chi connectivity index (χ2v) is 10.8. The average molecular weight is 442 g/mol. The highest BCUT2D eigenvalue weighted by Gasteiger charge is 2.45. The molecule has 0 spiro atoms. The molecule has 1 fully saturated rings. The number of sulfonamides is 1. The summed E-state index contributed by atoms with van der Waals surface area (Å²) < 4.78 is 62.8. The van der Waals surface area contributed by atoms with Gasteiger partial charge in [0.15, 0.2) is 9.84 Å². The monoisotopic (exact) mass is 441 g/mol. The molecule has 0 bridgehead atoms. The van der Waals surface area contributed by atoms with Crippen molar-refractivity contribution in [2.24, 2.45) is 0 Å². The van der Waals surface area contributed by atoms with Crippen molar-refractivity contribution in [3.63, 3.8) is 0 Å². The van der Waals surface area contributed by atoms with E-state index >= 15 is 0 Å². The van der Waals surface area contributed by atoms with E-state index in [0.717, 1.165) is 4.31 Å². The largest absolute Gasteiger partial charge is 0.497 e. The van der Waals surface area contributed by atoms with Gasteiger partial charge in [-0.25, -0.2) is 16.8 Å². The van der Waals surface area contributed by atoms with Gasteiger partial charge in [0.25, 0.3) is 0 Å². The molecule has 0 aliphatic carbocycles. The molecule has 1 saturated heterocycles. The first-order valence-corrected chi connectivity index (χ1v) is 12.1. The second-order valence-electron chi connectivity index (χ2n) is 6.76. The molecule has 2 aromatic carbocycles. The zero-order chi connectivity index (χ0) is 21.2. The van der Waals surface area contributed by atoms with Gasteiger partial charge in [0, 0.05) is 12.6 Å². The molecule has 0 aromatic heterocycles. The summed E-state index contributed by atoms with van der Waals surface area (Å²) in [4.78, 5) is -0.160. The van der Waals surface area contributed by atoms with Crippen LogP contribution in [-0.4, -0.2) is 64.1 Å². The molecule has 0 saturated carbocycles. The number of aliphatic hydroxyl groups excluding tert-OH is 1. The van der Waals surface area contributed by atoms with Gasteiger partial charge in [-0.1, -0.05) is 30.3 Å². The molecule has 0 amide bonds. The SMILES string of the molecule is COc1ccc(OC)c(S(=O)(=O)N(Cc2ccccc2)[C@@H]2CS(=O)(=O)C[C@H]2O)c1. The minimum absolute atomic E-state index is 0.0964. The van der Waals surface area contributed by atoms with E-state index in [1.165, 1.54) is 26.4 Å². The van der Waals surface area contributed by atoms with Gasteiger partial charge in [0.05, 0.1) is 37.9 Å². The van der Waals surface area contributed by atoms with E-state index in [2.05, 4.69) is 0 Å². The zero-order valence-electron chi connectivity index (χ0n) is 16.1. The number of rotatable bonds is 7. The first-order valence-electron chi connectivity index (χ1n) is 8.84. The van der Waals surface area contributed by atoms with Gasteiger partial charge in [0.1, 0.15) is 16.4 Å². The predicted molar refractivity (Wildman–Crippen MR) is 107 cm³/mol. The molecule has 8 nitrogen and oxygen atoms in total. The number of hydrogen-bond acceptors (Lipinski definition) is 7. The van der Waals surface area contributed by atoms with Gasteiger partial charge in [-0.2, -0.15) is 4.31 Å². The van der Waals surface area contributed by atoms with Crippen molar-refractivity contribution in [1.29, 1.82) is 0 Å². The molecule has 1 aliphatic heterocycles. The van der Waals surface area contributed by atoms with Gasteiger partial charge in [0.2, 0.25) is 10.0 Å². The third kappa shape index (κ3) is 4.55. The molecule has 3 rings (SSSR count). The Hall–Kier alpha value is -2.14. The van der Waals surface area contributed by atoms with E-state index in [1.54, 1.807) is 36.4 Å². The van der Waals surface area contributed by atoms with Crippen LogP contribution in [0.25, 0.3) is 0 Å². The van der Waals surface area contributed by atoms with Crippen LogP contribution in [0.1, 0.15) is 5.56 Å². The van der Waals surface area contributed by atoms with Crippen LogP contribution < -0.4 is 9.47 Å². The summed E-state index contributed by atoms with van der Waals surface area (Å²) >= 11 is 0. The summed E-state index contributed by atoms with van der Waals surface area (Å²) in [5.41, 5.74) is 0.662. The van der Waals surface area contributed by atoms with Crippen molar-refractivity contribution in [3.05, 3.63) is 54.1 Å². The Labute approximate surface area is 170 Å².